The molecule has 0 amide bonds. The van der Waals surface area contributed by atoms with E-state index in [-0.39, 0.29) is 13.2 Å². The van der Waals surface area contributed by atoms with Gasteiger partial charge in [-0.3, -0.25) is 0 Å². The molecule has 0 unspecified atom stereocenters. The lowest BCUT2D eigenvalue weighted by atomic mass is 9.80. The molecular weight excluding hydrogens is 508 g/mol. The van der Waals surface area contributed by atoms with Crippen LogP contribution in [-0.4, -0.2) is 44.0 Å². The number of rotatable bonds is 12. The second kappa shape index (κ2) is 15.0. The van der Waals surface area contributed by atoms with Crippen molar-refractivity contribution in [2.75, 3.05) is 19.8 Å². The van der Waals surface area contributed by atoms with Crippen molar-refractivity contribution in [1.29, 1.82) is 0 Å². The van der Waals surface area contributed by atoms with Gasteiger partial charge in [-0.2, -0.15) is 0 Å². The first-order valence-corrected chi connectivity index (χ1v) is 14.7. The molecule has 2 aromatic rings. The standard InChI is InChI=1S/C33H42O7/c1-4-8-23-10-12-24(13-11-23)9-7-22-38-28-20-18-26(19-21-28)25-14-16-27(17-15-25)33-39-29(31(34)36-5-2)30(40-33)32(35)37-6-3/h7,9,14-21,23-24,29-30,33H,4-6,8,10-13,22H2,1-3H3/t23?,24?,29-,30-/m1/s1. The van der Waals surface area contributed by atoms with Crippen molar-refractivity contribution in [2.24, 2.45) is 11.8 Å². The van der Waals surface area contributed by atoms with Gasteiger partial charge in [0.1, 0.15) is 12.4 Å². The molecule has 0 N–H and O–H groups in total. The van der Waals surface area contributed by atoms with Gasteiger partial charge in [0.2, 0.25) is 0 Å². The van der Waals surface area contributed by atoms with Gasteiger partial charge >= 0.3 is 11.9 Å². The molecule has 40 heavy (non-hydrogen) atoms. The van der Waals surface area contributed by atoms with Crippen LogP contribution in [0.2, 0.25) is 0 Å². The van der Waals surface area contributed by atoms with Crippen LogP contribution >= 0.6 is 0 Å². The predicted molar refractivity (Wildman–Crippen MR) is 153 cm³/mol. The van der Waals surface area contributed by atoms with Gasteiger partial charge in [-0.05, 0) is 74.6 Å². The number of allylic oxidation sites excluding steroid dienone is 1. The fourth-order valence-electron chi connectivity index (χ4n) is 5.45. The summed E-state index contributed by atoms with van der Waals surface area (Å²) in [4.78, 5) is 24.7. The minimum absolute atomic E-state index is 0.175. The number of ether oxygens (including phenoxy) is 5. The van der Waals surface area contributed by atoms with Crippen molar-refractivity contribution in [3.05, 3.63) is 66.2 Å². The fourth-order valence-corrected chi connectivity index (χ4v) is 5.45. The van der Waals surface area contributed by atoms with Crippen molar-refractivity contribution in [3.63, 3.8) is 0 Å². The first kappa shape index (κ1) is 29.8. The van der Waals surface area contributed by atoms with Crippen LogP contribution in [0.3, 0.4) is 0 Å². The van der Waals surface area contributed by atoms with E-state index in [2.05, 4.69) is 19.1 Å². The molecule has 1 saturated heterocycles. The summed E-state index contributed by atoms with van der Waals surface area (Å²) in [6.45, 7) is 6.59. The normalized spacial score (nSPS) is 23.3. The molecule has 0 bridgehead atoms. The zero-order valence-electron chi connectivity index (χ0n) is 23.9. The van der Waals surface area contributed by atoms with Gasteiger partial charge in [0.05, 0.1) is 13.2 Å². The molecule has 2 atom stereocenters. The van der Waals surface area contributed by atoms with E-state index in [1.54, 1.807) is 13.8 Å². The summed E-state index contributed by atoms with van der Waals surface area (Å²) in [5, 5.41) is 0. The Kier molecular flexibility index (Phi) is 11.2. The third-order valence-corrected chi connectivity index (χ3v) is 7.57. The lowest BCUT2D eigenvalue weighted by Gasteiger charge is -2.26. The van der Waals surface area contributed by atoms with Crippen LogP contribution in [0.5, 0.6) is 5.75 Å². The maximum atomic E-state index is 12.3. The monoisotopic (exact) mass is 550 g/mol. The molecule has 1 aliphatic heterocycles. The number of esters is 2. The lowest BCUT2D eigenvalue weighted by molar-refractivity contribution is -0.163. The van der Waals surface area contributed by atoms with Crippen molar-refractivity contribution in [2.45, 2.75) is 77.8 Å². The number of carbonyl (C=O) groups excluding carboxylic acids is 2. The summed E-state index contributed by atoms with van der Waals surface area (Å²) in [6.07, 6.45) is 9.24. The Balaban J connectivity index is 1.29. The summed E-state index contributed by atoms with van der Waals surface area (Å²) in [6, 6.07) is 15.6. The lowest BCUT2D eigenvalue weighted by Crippen LogP contribution is -2.39. The topological polar surface area (TPSA) is 80.3 Å². The predicted octanol–water partition coefficient (Wildman–Crippen LogP) is 6.80. The highest BCUT2D eigenvalue weighted by molar-refractivity contribution is 5.86. The van der Waals surface area contributed by atoms with Gasteiger partial charge in [-0.1, -0.05) is 68.3 Å². The molecule has 7 heteroatoms. The number of benzene rings is 2. The van der Waals surface area contributed by atoms with E-state index in [9.17, 15) is 9.59 Å². The third kappa shape index (κ3) is 7.95. The Labute approximate surface area is 237 Å². The highest BCUT2D eigenvalue weighted by Gasteiger charge is 2.47. The largest absolute Gasteiger partial charge is 0.490 e. The second-order valence-corrected chi connectivity index (χ2v) is 10.4. The van der Waals surface area contributed by atoms with E-state index in [0.717, 1.165) is 22.8 Å². The Bertz CT molecular complexity index is 1070. The number of carbonyl (C=O) groups is 2. The van der Waals surface area contributed by atoms with Crippen molar-refractivity contribution in [3.8, 4) is 16.9 Å². The highest BCUT2D eigenvalue weighted by Crippen LogP contribution is 2.34. The molecule has 1 saturated carbocycles. The Morgan fingerprint density at radius 2 is 1.35 bits per heavy atom. The molecule has 2 aromatic carbocycles. The van der Waals surface area contributed by atoms with Crippen LogP contribution in [-0.2, 0) is 28.5 Å². The van der Waals surface area contributed by atoms with Gasteiger partial charge in [0, 0.05) is 5.56 Å². The number of hydrogen-bond donors (Lipinski definition) is 0. The molecule has 1 aliphatic carbocycles. The zero-order chi connectivity index (χ0) is 28.3. The zero-order valence-corrected chi connectivity index (χ0v) is 23.9. The smallest absolute Gasteiger partial charge is 0.338 e. The molecule has 1 heterocycles. The first-order valence-electron chi connectivity index (χ1n) is 14.7. The minimum Gasteiger partial charge on any atom is -0.490 e. The van der Waals surface area contributed by atoms with Gasteiger partial charge in [-0.15, -0.1) is 0 Å². The maximum Gasteiger partial charge on any atom is 0.338 e. The van der Waals surface area contributed by atoms with Crippen LogP contribution in [0.1, 0.15) is 71.1 Å². The summed E-state index contributed by atoms with van der Waals surface area (Å²) in [5.41, 5.74) is 2.74. The summed E-state index contributed by atoms with van der Waals surface area (Å²) >= 11 is 0. The summed E-state index contributed by atoms with van der Waals surface area (Å²) in [7, 11) is 0. The van der Waals surface area contributed by atoms with Crippen LogP contribution in [0.25, 0.3) is 11.1 Å². The van der Waals surface area contributed by atoms with E-state index >= 15 is 0 Å². The molecule has 216 valence electrons. The SMILES string of the molecule is CCCC1CCC(C=CCOc2ccc(-c3ccc(C4O[C@@H](C(=O)OCC)[C@H](C(=O)OCC)O4)cc3)cc2)CC1. The Morgan fingerprint density at radius 1 is 0.800 bits per heavy atom. The molecule has 4 rings (SSSR count). The molecule has 0 radical (unpaired) electrons. The average Bonchev–Trinajstić information content (AvgIpc) is 3.43. The summed E-state index contributed by atoms with van der Waals surface area (Å²) < 4.78 is 27.6. The fraction of sp³-hybridized carbons (Fsp3) is 0.515. The van der Waals surface area contributed by atoms with Crippen molar-refractivity contribution in [1.82, 2.24) is 0 Å². The van der Waals surface area contributed by atoms with Crippen LogP contribution in [0, 0.1) is 11.8 Å². The molecule has 7 nitrogen and oxygen atoms in total. The Morgan fingerprint density at radius 3 is 1.88 bits per heavy atom. The van der Waals surface area contributed by atoms with Crippen LogP contribution < -0.4 is 4.74 Å². The van der Waals surface area contributed by atoms with E-state index in [4.69, 9.17) is 23.7 Å². The highest BCUT2D eigenvalue weighted by atomic mass is 16.8. The quantitative estimate of drug-likeness (QED) is 0.212. The van der Waals surface area contributed by atoms with Gasteiger partial charge in [-0.25, -0.2) is 9.59 Å². The Hall–Kier alpha value is -3.16. The van der Waals surface area contributed by atoms with Crippen molar-refractivity contribution >= 4 is 11.9 Å². The van der Waals surface area contributed by atoms with Gasteiger partial charge in [0.15, 0.2) is 18.5 Å². The van der Waals surface area contributed by atoms with E-state index < -0.39 is 30.4 Å². The van der Waals surface area contributed by atoms with E-state index in [1.807, 2.05) is 48.5 Å². The average molecular weight is 551 g/mol. The van der Waals surface area contributed by atoms with E-state index in [1.165, 1.54) is 38.5 Å². The first-order chi connectivity index (χ1) is 19.5. The van der Waals surface area contributed by atoms with E-state index in [0.29, 0.717) is 18.1 Å². The van der Waals surface area contributed by atoms with Crippen LogP contribution in [0.4, 0.5) is 0 Å². The van der Waals surface area contributed by atoms with Crippen LogP contribution in [0.15, 0.2) is 60.7 Å². The molecule has 2 aliphatic rings. The van der Waals surface area contributed by atoms with Crippen molar-refractivity contribution < 1.29 is 33.3 Å². The minimum atomic E-state index is -1.17. The maximum absolute atomic E-state index is 12.3. The molecule has 0 spiro atoms. The molecule has 0 aromatic heterocycles. The third-order valence-electron chi connectivity index (χ3n) is 7.57. The van der Waals surface area contributed by atoms with Gasteiger partial charge < -0.3 is 23.7 Å². The van der Waals surface area contributed by atoms with Gasteiger partial charge in [0.25, 0.3) is 0 Å². The molecule has 2 fully saturated rings. The summed E-state index contributed by atoms with van der Waals surface area (Å²) in [5.74, 6) is 1.16. The second-order valence-electron chi connectivity index (χ2n) is 10.4. The number of hydrogen-bond acceptors (Lipinski definition) is 7. The molecular formula is C33H42O7.